The van der Waals surface area contributed by atoms with Crippen molar-refractivity contribution in [1.29, 1.82) is 0 Å². The van der Waals surface area contributed by atoms with Crippen LogP contribution in [0.15, 0.2) is 60.8 Å². The summed E-state index contributed by atoms with van der Waals surface area (Å²) >= 11 is 0. The molecule has 2 aliphatic heterocycles. The van der Waals surface area contributed by atoms with Gasteiger partial charge in [0.15, 0.2) is 0 Å². The summed E-state index contributed by atoms with van der Waals surface area (Å²) in [6.07, 6.45) is 4.63. The van der Waals surface area contributed by atoms with Gasteiger partial charge >= 0.3 is 0 Å². The fourth-order valence-corrected chi connectivity index (χ4v) is 5.85. The Morgan fingerprint density at radius 1 is 0.946 bits per heavy atom. The number of aromatic nitrogens is 2. The lowest BCUT2D eigenvalue weighted by molar-refractivity contribution is -0.116. The number of amides is 2. The lowest BCUT2D eigenvalue weighted by Gasteiger charge is -2.34. The highest BCUT2D eigenvalue weighted by molar-refractivity contribution is 5.95. The van der Waals surface area contributed by atoms with E-state index < -0.39 is 0 Å². The summed E-state index contributed by atoms with van der Waals surface area (Å²) in [4.78, 5) is 42.0. The molecule has 1 fully saturated rings. The first-order chi connectivity index (χ1) is 17.9. The predicted molar refractivity (Wildman–Crippen MR) is 144 cm³/mol. The molecule has 0 aliphatic carbocycles. The van der Waals surface area contributed by atoms with Crippen molar-refractivity contribution < 1.29 is 9.59 Å². The standard InChI is InChI=1S/C30H35N5O2/c1-21-28(17-31-22(2)32-21)30(37)33-19-25-11-7-8-12-29(25)34(23(3)36)16-15-26-13-14-27(20-33)35(26)18-24-9-5-4-6-10-24/h4-12,17,26-27H,13-16,18-20H2,1-3H3/t26-,27+/m0/s1. The van der Waals surface area contributed by atoms with Crippen LogP contribution in [0.1, 0.15) is 59.2 Å². The van der Waals surface area contributed by atoms with Crippen molar-refractivity contribution in [2.24, 2.45) is 0 Å². The zero-order chi connectivity index (χ0) is 25.9. The molecule has 2 bridgehead atoms. The van der Waals surface area contributed by atoms with Gasteiger partial charge in [-0.3, -0.25) is 14.5 Å². The second-order valence-electron chi connectivity index (χ2n) is 10.2. The molecule has 0 radical (unpaired) electrons. The summed E-state index contributed by atoms with van der Waals surface area (Å²) in [7, 11) is 0. The summed E-state index contributed by atoms with van der Waals surface area (Å²) in [6, 6.07) is 19.1. The number of nitrogens with zero attached hydrogens (tertiary/aromatic N) is 5. The first-order valence-electron chi connectivity index (χ1n) is 13.2. The molecule has 5 rings (SSSR count). The van der Waals surface area contributed by atoms with Crippen molar-refractivity contribution in [2.45, 2.75) is 65.2 Å². The molecule has 192 valence electrons. The van der Waals surface area contributed by atoms with E-state index in [4.69, 9.17) is 0 Å². The maximum absolute atomic E-state index is 14.0. The molecular weight excluding hydrogens is 462 g/mol. The Morgan fingerprint density at radius 3 is 2.43 bits per heavy atom. The van der Waals surface area contributed by atoms with E-state index in [0.717, 1.165) is 37.1 Å². The number of fused-ring (bicyclic) bond motifs is 3. The fraction of sp³-hybridized carbons (Fsp3) is 0.400. The van der Waals surface area contributed by atoms with Crippen molar-refractivity contribution in [3.05, 3.63) is 89.0 Å². The van der Waals surface area contributed by atoms with E-state index in [1.807, 2.05) is 54.0 Å². The van der Waals surface area contributed by atoms with E-state index in [-0.39, 0.29) is 17.9 Å². The number of carbonyl (C=O) groups is 2. The number of anilines is 1. The Hall–Kier alpha value is -3.58. The minimum absolute atomic E-state index is 0.0245. The lowest BCUT2D eigenvalue weighted by atomic mass is 10.1. The molecule has 2 aromatic carbocycles. The quantitative estimate of drug-likeness (QED) is 0.532. The molecule has 0 unspecified atom stereocenters. The molecule has 37 heavy (non-hydrogen) atoms. The van der Waals surface area contributed by atoms with Crippen molar-refractivity contribution in [3.8, 4) is 0 Å². The molecule has 3 heterocycles. The highest BCUT2D eigenvalue weighted by atomic mass is 16.2. The first-order valence-corrected chi connectivity index (χ1v) is 13.2. The van der Waals surface area contributed by atoms with Gasteiger partial charge < -0.3 is 9.80 Å². The molecule has 1 saturated heterocycles. The highest BCUT2D eigenvalue weighted by Gasteiger charge is 2.37. The highest BCUT2D eigenvalue weighted by Crippen LogP contribution is 2.33. The minimum atomic E-state index is -0.0657. The molecule has 2 atom stereocenters. The zero-order valence-electron chi connectivity index (χ0n) is 21.9. The molecule has 0 saturated carbocycles. The fourth-order valence-electron chi connectivity index (χ4n) is 5.85. The van der Waals surface area contributed by atoms with Crippen molar-refractivity contribution in [1.82, 2.24) is 19.8 Å². The number of hydrogen-bond acceptors (Lipinski definition) is 5. The Bertz CT molecular complexity index is 1280. The van der Waals surface area contributed by atoms with Crippen LogP contribution in [0.3, 0.4) is 0 Å². The van der Waals surface area contributed by atoms with Gasteiger partial charge in [-0.15, -0.1) is 0 Å². The summed E-state index contributed by atoms with van der Waals surface area (Å²) in [5.41, 5.74) is 4.35. The van der Waals surface area contributed by atoms with Crippen LogP contribution in [0.25, 0.3) is 0 Å². The van der Waals surface area contributed by atoms with Gasteiger partial charge in [0.2, 0.25) is 5.91 Å². The van der Waals surface area contributed by atoms with E-state index in [1.54, 1.807) is 13.1 Å². The third-order valence-electron chi connectivity index (χ3n) is 7.74. The molecular formula is C30H35N5O2. The molecule has 2 amide bonds. The SMILES string of the molecule is CC(=O)N1CC[C@@H]2CC[C@H](CN(C(=O)c3cnc(C)nc3C)Cc3ccccc31)N2Cc1ccccc1. The van der Waals surface area contributed by atoms with Crippen LogP contribution < -0.4 is 4.90 Å². The van der Waals surface area contributed by atoms with Gasteiger partial charge in [-0.25, -0.2) is 9.97 Å². The maximum atomic E-state index is 14.0. The number of hydrogen-bond donors (Lipinski definition) is 0. The normalized spacial score (nSPS) is 20.3. The minimum Gasteiger partial charge on any atom is -0.333 e. The summed E-state index contributed by atoms with van der Waals surface area (Å²) < 4.78 is 0. The molecule has 0 spiro atoms. The number of aryl methyl sites for hydroxylation is 2. The predicted octanol–water partition coefficient (Wildman–Crippen LogP) is 4.53. The third-order valence-corrected chi connectivity index (χ3v) is 7.74. The Balaban J connectivity index is 1.55. The van der Waals surface area contributed by atoms with Gasteiger partial charge in [-0.1, -0.05) is 48.5 Å². The van der Waals surface area contributed by atoms with Crippen molar-refractivity contribution in [3.63, 3.8) is 0 Å². The molecule has 3 aromatic rings. The summed E-state index contributed by atoms with van der Waals surface area (Å²) in [5.74, 6) is 0.613. The van der Waals surface area contributed by atoms with E-state index in [0.29, 0.717) is 42.8 Å². The summed E-state index contributed by atoms with van der Waals surface area (Å²) in [5, 5.41) is 0. The van der Waals surface area contributed by atoms with Crippen LogP contribution in [0, 0.1) is 13.8 Å². The Morgan fingerprint density at radius 2 is 1.68 bits per heavy atom. The van der Waals surface area contributed by atoms with Crippen LogP contribution in [-0.4, -0.2) is 56.8 Å². The van der Waals surface area contributed by atoms with Crippen LogP contribution in [-0.2, 0) is 17.9 Å². The number of rotatable bonds is 3. The second-order valence-corrected chi connectivity index (χ2v) is 10.2. The lowest BCUT2D eigenvalue weighted by Crippen LogP contribution is -2.45. The molecule has 0 N–H and O–H groups in total. The van der Waals surface area contributed by atoms with Crippen LogP contribution in [0.4, 0.5) is 5.69 Å². The van der Waals surface area contributed by atoms with Gasteiger partial charge in [0, 0.05) is 57.1 Å². The number of carbonyl (C=O) groups excluding carboxylic acids is 2. The van der Waals surface area contributed by atoms with E-state index in [2.05, 4.69) is 39.1 Å². The molecule has 1 aromatic heterocycles. The Labute approximate surface area is 219 Å². The van der Waals surface area contributed by atoms with Crippen LogP contribution >= 0.6 is 0 Å². The topological polar surface area (TPSA) is 69.6 Å². The van der Waals surface area contributed by atoms with Crippen LogP contribution in [0.2, 0.25) is 0 Å². The maximum Gasteiger partial charge on any atom is 0.257 e. The van der Waals surface area contributed by atoms with Crippen molar-refractivity contribution in [2.75, 3.05) is 18.0 Å². The monoisotopic (exact) mass is 497 g/mol. The molecule has 7 heteroatoms. The number of para-hydroxylation sites is 1. The zero-order valence-corrected chi connectivity index (χ0v) is 21.9. The van der Waals surface area contributed by atoms with E-state index in [1.165, 1.54) is 5.56 Å². The van der Waals surface area contributed by atoms with Gasteiger partial charge in [-0.05, 0) is 50.3 Å². The molecule has 7 nitrogen and oxygen atoms in total. The average Bonchev–Trinajstić information content (AvgIpc) is 3.24. The second kappa shape index (κ2) is 10.8. The summed E-state index contributed by atoms with van der Waals surface area (Å²) in [6.45, 7) is 7.86. The molecule has 2 aliphatic rings. The van der Waals surface area contributed by atoms with Crippen molar-refractivity contribution >= 4 is 17.5 Å². The van der Waals surface area contributed by atoms with E-state index in [9.17, 15) is 9.59 Å². The number of benzene rings is 2. The van der Waals surface area contributed by atoms with Gasteiger partial charge in [0.05, 0.1) is 11.3 Å². The van der Waals surface area contributed by atoms with E-state index >= 15 is 0 Å². The first kappa shape index (κ1) is 25.1. The smallest absolute Gasteiger partial charge is 0.257 e. The van der Waals surface area contributed by atoms with Gasteiger partial charge in [0.25, 0.3) is 5.91 Å². The Kier molecular flexibility index (Phi) is 7.33. The van der Waals surface area contributed by atoms with Gasteiger partial charge in [0.1, 0.15) is 5.82 Å². The average molecular weight is 498 g/mol. The largest absolute Gasteiger partial charge is 0.333 e. The van der Waals surface area contributed by atoms with Gasteiger partial charge in [-0.2, -0.15) is 0 Å². The van der Waals surface area contributed by atoms with Crippen LogP contribution in [0.5, 0.6) is 0 Å². The third kappa shape index (κ3) is 5.42.